The smallest absolute Gasteiger partial charge is 0.220 e. The Hall–Kier alpha value is -0.870. The minimum absolute atomic E-state index is 0.0417. The molecule has 1 heterocycles. The highest BCUT2D eigenvalue weighted by Gasteiger charge is 2.19. The molecular formula is C14H24N2OS. The van der Waals surface area contributed by atoms with E-state index in [1.54, 1.807) is 11.3 Å². The first-order valence-corrected chi connectivity index (χ1v) is 7.19. The molecule has 0 bridgehead atoms. The predicted octanol–water partition coefficient (Wildman–Crippen LogP) is 2.90. The molecule has 0 aliphatic carbocycles. The second-order valence-electron chi connectivity index (χ2n) is 6.08. The number of hydrogen-bond acceptors (Lipinski definition) is 3. The fraction of sp³-hybridized carbons (Fsp3) is 0.643. The lowest BCUT2D eigenvalue weighted by Crippen LogP contribution is -2.35. The van der Waals surface area contributed by atoms with Crippen LogP contribution < -0.4 is 5.32 Å². The molecule has 1 atom stereocenters. The fourth-order valence-corrected chi connectivity index (χ4v) is 2.52. The molecule has 0 fully saturated rings. The van der Waals surface area contributed by atoms with Crippen LogP contribution in [-0.2, 0) is 4.79 Å². The molecular weight excluding hydrogens is 244 g/mol. The molecule has 0 saturated carbocycles. The van der Waals surface area contributed by atoms with E-state index >= 15 is 0 Å². The van der Waals surface area contributed by atoms with Gasteiger partial charge in [0.1, 0.15) is 0 Å². The standard InChI is InChI=1S/C14H24N2OS/c1-14(2,3)8-13(17)15-9-12(16(4)5)11-6-7-18-10-11/h6-7,10,12H,8-9H2,1-5H3,(H,15,17). The molecule has 1 rings (SSSR count). The van der Waals surface area contributed by atoms with Gasteiger partial charge in [0.05, 0.1) is 6.04 Å². The van der Waals surface area contributed by atoms with E-state index in [4.69, 9.17) is 0 Å². The maximum atomic E-state index is 11.8. The lowest BCUT2D eigenvalue weighted by atomic mass is 9.92. The van der Waals surface area contributed by atoms with Crippen molar-refractivity contribution >= 4 is 17.2 Å². The van der Waals surface area contributed by atoms with Crippen LogP contribution in [0.1, 0.15) is 38.8 Å². The van der Waals surface area contributed by atoms with Crippen molar-refractivity contribution in [2.24, 2.45) is 5.41 Å². The third kappa shape index (κ3) is 5.19. The summed E-state index contributed by atoms with van der Waals surface area (Å²) in [6, 6.07) is 2.37. The number of hydrogen-bond donors (Lipinski definition) is 1. The highest BCUT2D eigenvalue weighted by atomic mass is 32.1. The average molecular weight is 268 g/mol. The second kappa shape index (κ2) is 6.34. The molecule has 1 aromatic rings. The van der Waals surface area contributed by atoms with Crippen LogP contribution in [0.15, 0.2) is 16.8 Å². The molecule has 102 valence electrons. The van der Waals surface area contributed by atoms with Crippen molar-refractivity contribution in [2.45, 2.75) is 33.2 Å². The summed E-state index contributed by atoms with van der Waals surface area (Å²) in [4.78, 5) is 14.0. The van der Waals surface area contributed by atoms with Crippen LogP contribution >= 0.6 is 11.3 Å². The summed E-state index contributed by atoms with van der Waals surface area (Å²) < 4.78 is 0. The highest BCUT2D eigenvalue weighted by molar-refractivity contribution is 7.07. The largest absolute Gasteiger partial charge is 0.354 e. The van der Waals surface area contributed by atoms with Crippen LogP contribution in [0, 0.1) is 5.41 Å². The van der Waals surface area contributed by atoms with Gasteiger partial charge in [-0.05, 0) is 41.9 Å². The highest BCUT2D eigenvalue weighted by Crippen LogP contribution is 2.21. The zero-order chi connectivity index (χ0) is 13.8. The molecule has 1 N–H and O–H groups in total. The first-order chi connectivity index (χ1) is 8.29. The summed E-state index contributed by atoms with van der Waals surface area (Å²) >= 11 is 1.69. The number of carbonyl (C=O) groups excluding carboxylic acids is 1. The Bertz CT molecular complexity index is 366. The maximum absolute atomic E-state index is 11.8. The molecule has 3 nitrogen and oxygen atoms in total. The van der Waals surface area contributed by atoms with Gasteiger partial charge in [-0.3, -0.25) is 4.79 Å². The summed E-state index contributed by atoms with van der Waals surface area (Å²) in [6.07, 6.45) is 0.566. The number of nitrogens with zero attached hydrogens (tertiary/aromatic N) is 1. The van der Waals surface area contributed by atoms with Crippen LogP contribution in [0.3, 0.4) is 0 Å². The van der Waals surface area contributed by atoms with E-state index < -0.39 is 0 Å². The Morgan fingerprint density at radius 2 is 2.11 bits per heavy atom. The molecule has 1 aromatic heterocycles. The lowest BCUT2D eigenvalue weighted by Gasteiger charge is -2.25. The van der Waals surface area contributed by atoms with Gasteiger partial charge in [-0.2, -0.15) is 11.3 Å². The van der Waals surface area contributed by atoms with Crippen molar-refractivity contribution in [1.29, 1.82) is 0 Å². The van der Waals surface area contributed by atoms with E-state index in [0.29, 0.717) is 13.0 Å². The van der Waals surface area contributed by atoms with Gasteiger partial charge in [-0.15, -0.1) is 0 Å². The van der Waals surface area contributed by atoms with Crippen LogP contribution in [0.4, 0.5) is 0 Å². The monoisotopic (exact) mass is 268 g/mol. The van der Waals surface area contributed by atoms with Crippen LogP contribution in [0.25, 0.3) is 0 Å². The van der Waals surface area contributed by atoms with Crippen molar-refractivity contribution in [3.63, 3.8) is 0 Å². The number of likely N-dealkylation sites (N-methyl/N-ethyl adjacent to an activating group) is 1. The number of carbonyl (C=O) groups is 1. The van der Waals surface area contributed by atoms with Gasteiger partial charge < -0.3 is 10.2 Å². The molecule has 0 spiro atoms. The van der Waals surface area contributed by atoms with E-state index in [9.17, 15) is 4.79 Å². The van der Waals surface area contributed by atoms with Crippen LogP contribution in [-0.4, -0.2) is 31.4 Å². The topological polar surface area (TPSA) is 32.3 Å². The zero-order valence-corrected chi connectivity index (χ0v) is 12.8. The number of amides is 1. The van der Waals surface area contributed by atoms with E-state index in [0.717, 1.165) is 0 Å². The van der Waals surface area contributed by atoms with Gasteiger partial charge in [0.25, 0.3) is 0 Å². The van der Waals surface area contributed by atoms with Crippen LogP contribution in [0.5, 0.6) is 0 Å². The minimum atomic E-state index is 0.0417. The van der Waals surface area contributed by atoms with Gasteiger partial charge in [0.15, 0.2) is 0 Å². The van der Waals surface area contributed by atoms with Crippen molar-refractivity contribution in [2.75, 3.05) is 20.6 Å². The lowest BCUT2D eigenvalue weighted by molar-refractivity contribution is -0.123. The van der Waals surface area contributed by atoms with Gasteiger partial charge in [-0.1, -0.05) is 20.8 Å². The molecule has 1 unspecified atom stereocenters. The van der Waals surface area contributed by atoms with Crippen LogP contribution in [0.2, 0.25) is 0 Å². The molecule has 0 aliphatic heterocycles. The Morgan fingerprint density at radius 1 is 1.44 bits per heavy atom. The minimum Gasteiger partial charge on any atom is -0.354 e. The van der Waals surface area contributed by atoms with Crippen molar-refractivity contribution in [3.05, 3.63) is 22.4 Å². The third-order valence-corrected chi connectivity index (χ3v) is 3.44. The SMILES string of the molecule is CN(C)C(CNC(=O)CC(C)(C)C)c1ccsc1. The first-order valence-electron chi connectivity index (χ1n) is 6.25. The number of thiophene rings is 1. The van der Waals surface area contributed by atoms with Crippen molar-refractivity contribution < 1.29 is 4.79 Å². The van der Waals surface area contributed by atoms with E-state index in [1.165, 1.54) is 5.56 Å². The Kier molecular flexibility index (Phi) is 5.35. The van der Waals surface area contributed by atoms with Gasteiger partial charge in [-0.25, -0.2) is 0 Å². The van der Waals surface area contributed by atoms with Crippen molar-refractivity contribution in [3.8, 4) is 0 Å². The molecule has 0 aromatic carbocycles. The molecule has 0 aliphatic rings. The Balaban J connectivity index is 2.52. The summed E-state index contributed by atoms with van der Waals surface area (Å²) in [5.41, 5.74) is 1.31. The van der Waals surface area contributed by atoms with Gasteiger partial charge in [0.2, 0.25) is 5.91 Å². The summed E-state index contributed by atoms with van der Waals surface area (Å²) in [5.74, 6) is 0.129. The fourth-order valence-electron chi connectivity index (χ4n) is 1.82. The summed E-state index contributed by atoms with van der Waals surface area (Å²) in [6.45, 7) is 6.90. The zero-order valence-electron chi connectivity index (χ0n) is 12.0. The average Bonchev–Trinajstić information content (AvgIpc) is 2.67. The molecule has 1 amide bonds. The predicted molar refractivity (Wildman–Crippen MR) is 77.8 cm³/mol. The molecule has 0 saturated heterocycles. The van der Waals surface area contributed by atoms with Gasteiger partial charge >= 0.3 is 0 Å². The first kappa shape index (κ1) is 15.2. The Labute approximate surface area is 114 Å². The van der Waals surface area contributed by atoms with E-state index in [1.807, 2.05) is 14.1 Å². The second-order valence-corrected chi connectivity index (χ2v) is 6.86. The molecule has 0 radical (unpaired) electrons. The number of rotatable bonds is 5. The van der Waals surface area contributed by atoms with Gasteiger partial charge in [0, 0.05) is 13.0 Å². The Morgan fingerprint density at radius 3 is 2.56 bits per heavy atom. The van der Waals surface area contributed by atoms with Crippen molar-refractivity contribution in [1.82, 2.24) is 10.2 Å². The maximum Gasteiger partial charge on any atom is 0.220 e. The van der Waals surface area contributed by atoms with E-state index in [2.05, 4.69) is 47.8 Å². The third-order valence-electron chi connectivity index (χ3n) is 2.73. The summed E-state index contributed by atoms with van der Waals surface area (Å²) in [5, 5.41) is 7.24. The number of nitrogens with one attached hydrogen (secondary N) is 1. The quantitative estimate of drug-likeness (QED) is 0.890. The summed E-state index contributed by atoms with van der Waals surface area (Å²) in [7, 11) is 4.08. The van der Waals surface area contributed by atoms with E-state index in [-0.39, 0.29) is 17.4 Å². The molecule has 18 heavy (non-hydrogen) atoms. The molecule has 4 heteroatoms. The normalized spacial score (nSPS) is 13.7.